The third kappa shape index (κ3) is 2.46. The second kappa shape index (κ2) is 5.10. The average molecular weight is 248 g/mol. The lowest BCUT2D eigenvalue weighted by atomic mass is 10.1. The summed E-state index contributed by atoms with van der Waals surface area (Å²) < 4.78 is 13.5. The van der Waals surface area contributed by atoms with Crippen molar-refractivity contribution in [1.82, 2.24) is 10.3 Å². The van der Waals surface area contributed by atoms with Crippen LogP contribution in [0.25, 0.3) is 10.9 Å². The molecule has 1 aromatic carbocycles. The zero-order valence-electron chi connectivity index (χ0n) is 9.85. The molecule has 0 saturated carbocycles. The molecule has 4 nitrogen and oxygen atoms in total. The van der Waals surface area contributed by atoms with E-state index in [0.717, 1.165) is 5.56 Å². The number of pyridine rings is 1. The summed E-state index contributed by atoms with van der Waals surface area (Å²) in [4.78, 5) is 14.8. The first-order chi connectivity index (χ1) is 8.59. The number of hydrogen-bond donors (Lipinski definition) is 2. The van der Waals surface area contributed by atoms with Gasteiger partial charge in [-0.25, -0.2) is 4.39 Å². The lowest BCUT2D eigenvalue weighted by molar-refractivity contribution is -0.139. The van der Waals surface area contributed by atoms with Crippen LogP contribution in [-0.4, -0.2) is 22.1 Å². The normalized spacial score (nSPS) is 12.6. The number of fused-ring (bicyclic) bond motifs is 1. The van der Waals surface area contributed by atoms with Crippen LogP contribution in [0.4, 0.5) is 4.39 Å². The average Bonchev–Trinajstić information content (AvgIpc) is 2.38. The number of nitrogens with one attached hydrogen (secondary N) is 1. The molecule has 1 aromatic heterocycles. The molecule has 0 fully saturated rings. The number of carbonyl (C=O) groups is 1. The Bertz CT molecular complexity index is 586. The monoisotopic (exact) mass is 248 g/mol. The van der Waals surface area contributed by atoms with Crippen LogP contribution in [0.3, 0.4) is 0 Å². The maximum absolute atomic E-state index is 13.5. The predicted octanol–water partition coefficient (Wildman–Crippen LogP) is 1.94. The number of hydrogen-bond acceptors (Lipinski definition) is 3. The van der Waals surface area contributed by atoms with Crippen molar-refractivity contribution < 1.29 is 14.3 Å². The maximum atomic E-state index is 13.5. The Morgan fingerprint density at radius 3 is 3.00 bits per heavy atom. The number of benzene rings is 1. The molecule has 2 rings (SSSR count). The third-order valence-corrected chi connectivity index (χ3v) is 2.77. The van der Waals surface area contributed by atoms with Gasteiger partial charge in [0.2, 0.25) is 0 Å². The topological polar surface area (TPSA) is 62.2 Å². The molecule has 1 atom stereocenters. The summed E-state index contributed by atoms with van der Waals surface area (Å²) in [6, 6.07) is 5.65. The van der Waals surface area contributed by atoms with Gasteiger partial charge in [0.05, 0.1) is 5.52 Å². The Morgan fingerprint density at radius 1 is 1.50 bits per heavy atom. The van der Waals surface area contributed by atoms with E-state index in [9.17, 15) is 9.18 Å². The molecule has 0 radical (unpaired) electrons. The lowest BCUT2D eigenvalue weighted by Gasteiger charge is -2.10. The molecule has 0 aliphatic carbocycles. The van der Waals surface area contributed by atoms with E-state index in [4.69, 9.17) is 5.11 Å². The number of nitrogens with zero attached hydrogens (tertiary/aromatic N) is 1. The fourth-order valence-electron chi connectivity index (χ4n) is 1.69. The Morgan fingerprint density at radius 2 is 2.28 bits per heavy atom. The molecule has 2 aromatic rings. The number of rotatable bonds is 4. The van der Waals surface area contributed by atoms with Gasteiger partial charge < -0.3 is 10.4 Å². The Balaban J connectivity index is 2.29. The molecule has 1 unspecified atom stereocenters. The highest BCUT2D eigenvalue weighted by atomic mass is 19.1. The van der Waals surface area contributed by atoms with Crippen LogP contribution < -0.4 is 5.32 Å². The summed E-state index contributed by atoms with van der Waals surface area (Å²) in [6.07, 6.45) is 1.59. The van der Waals surface area contributed by atoms with E-state index < -0.39 is 12.0 Å². The summed E-state index contributed by atoms with van der Waals surface area (Å²) in [5.41, 5.74) is 1.34. The molecule has 18 heavy (non-hydrogen) atoms. The van der Waals surface area contributed by atoms with Crippen molar-refractivity contribution in [1.29, 1.82) is 0 Å². The van der Waals surface area contributed by atoms with Gasteiger partial charge in [-0.05, 0) is 30.7 Å². The van der Waals surface area contributed by atoms with Crippen molar-refractivity contribution in [2.75, 3.05) is 0 Å². The second-order valence-corrected chi connectivity index (χ2v) is 4.05. The smallest absolute Gasteiger partial charge is 0.320 e. The summed E-state index contributed by atoms with van der Waals surface area (Å²) in [5, 5.41) is 12.1. The number of halogens is 1. The molecule has 94 valence electrons. The molecule has 0 amide bonds. The Hall–Kier alpha value is -2.01. The quantitative estimate of drug-likeness (QED) is 0.868. The van der Waals surface area contributed by atoms with E-state index in [0.29, 0.717) is 17.4 Å². The van der Waals surface area contributed by atoms with Gasteiger partial charge in [-0.15, -0.1) is 0 Å². The second-order valence-electron chi connectivity index (χ2n) is 4.05. The lowest BCUT2D eigenvalue weighted by Crippen LogP contribution is -2.33. The molecule has 5 heteroatoms. The van der Waals surface area contributed by atoms with Crippen LogP contribution in [0.2, 0.25) is 0 Å². The molecule has 2 N–H and O–H groups in total. The standard InChI is InChI=1S/C13H13FN2O2/c1-8(13(17)18)16-7-9-4-5-11(14)10-3-2-6-15-12(9)10/h2-6,8,16H,7H2,1H3,(H,17,18). The molecular formula is C13H13FN2O2. The third-order valence-electron chi connectivity index (χ3n) is 2.77. The number of aliphatic carboxylic acids is 1. The van der Waals surface area contributed by atoms with E-state index in [1.807, 2.05) is 0 Å². The fraction of sp³-hybridized carbons (Fsp3) is 0.231. The van der Waals surface area contributed by atoms with Crippen molar-refractivity contribution in [2.45, 2.75) is 19.5 Å². The van der Waals surface area contributed by atoms with Gasteiger partial charge in [0.25, 0.3) is 0 Å². The van der Waals surface area contributed by atoms with Crippen molar-refractivity contribution in [2.24, 2.45) is 0 Å². The van der Waals surface area contributed by atoms with E-state index >= 15 is 0 Å². The van der Waals surface area contributed by atoms with Gasteiger partial charge in [0, 0.05) is 18.1 Å². The molecule has 0 aliphatic heterocycles. The van der Waals surface area contributed by atoms with Crippen molar-refractivity contribution >= 4 is 16.9 Å². The largest absolute Gasteiger partial charge is 0.480 e. The number of aromatic nitrogens is 1. The van der Waals surface area contributed by atoms with Gasteiger partial charge >= 0.3 is 5.97 Å². The van der Waals surface area contributed by atoms with Gasteiger partial charge in [-0.2, -0.15) is 0 Å². The first kappa shape index (κ1) is 12.4. The molecule has 0 bridgehead atoms. The van der Waals surface area contributed by atoms with Gasteiger partial charge in [-0.3, -0.25) is 9.78 Å². The predicted molar refractivity (Wildman–Crippen MR) is 65.6 cm³/mol. The van der Waals surface area contributed by atoms with E-state index in [2.05, 4.69) is 10.3 Å². The van der Waals surface area contributed by atoms with Crippen LogP contribution in [0.5, 0.6) is 0 Å². The molecular weight excluding hydrogens is 235 g/mol. The zero-order chi connectivity index (χ0) is 13.1. The fourth-order valence-corrected chi connectivity index (χ4v) is 1.69. The summed E-state index contributed by atoms with van der Waals surface area (Å²) in [7, 11) is 0. The number of carboxylic acid groups (broad SMARTS) is 1. The Kier molecular flexibility index (Phi) is 3.53. The van der Waals surface area contributed by atoms with E-state index in [1.165, 1.54) is 6.07 Å². The minimum absolute atomic E-state index is 0.326. The van der Waals surface area contributed by atoms with Crippen LogP contribution in [0, 0.1) is 5.82 Å². The van der Waals surface area contributed by atoms with Gasteiger partial charge in [0.1, 0.15) is 11.9 Å². The summed E-state index contributed by atoms with van der Waals surface area (Å²) in [6.45, 7) is 1.89. The maximum Gasteiger partial charge on any atom is 0.320 e. The highest BCUT2D eigenvalue weighted by Gasteiger charge is 2.11. The first-order valence-electron chi connectivity index (χ1n) is 5.58. The SMILES string of the molecule is CC(NCc1ccc(F)c2cccnc12)C(=O)O. The summed E-state index contributed by atoms with van der Waals surface area (Å²) >= 11 is 0. The van der Waals surface area contributed by atoms with Crippen LogP contribution in [0.1, 0.15) is 12.5 Å². The zero-order valence-corrected chi connectivity index (χ0v) is 9.85. The number of carboxylic acids is 1. The summed E-state index contributed by atoms with van der Waals surface area (Å²) in [5.74, 6) is -1.25. The molecule has 0 spiro atoms. The Labute approximate surface area is 103 Å². The van der Waals surface area contributed by atoms with Gasteiger partial charge in [-0.1, -0.05) is 6.07 Å². The highest BCUT2D eigenvalue weighted by Crippen LogP contribution is 2.19. The van der Waals surface area contributed by atoms with Crippen molar-refractivity contribution in [3.8, 4) is 0 Å². The van der Waals surface area contributed by atoms with Gasteiger partial charge in [0.15, 0.2) is 0 Å². The van der Waals surface area contributed by atoms with Crippen molar-refractivity contribution in [3.63, 3.8) is 0 Å². The highest BCUT2D eigenvalue weighted by molar-refractivity contribution is 5.82. The van der Waals surface area contributed by atoms with Crippen LogP contribution >= 0.6 is 0 Å². The van der Waals surface area contributed by atoms with Crippen LogP contribution in [0.15, 0.2) is 30.5 Å². The molecule has 0 aliphatic rings. The van der Waals surface area contributed by atoms with Crippen molar-refractivity contribution in [3.05, 3.63) is 41.8 Å². The molecule has 0 saturated heterocycles. The molecule has 1 heterocycles. The minimum atomic E-state index is -0.922. The van der Waals surface area contributed by atoms with E-state index in [-0.39, 0.29) is 5.82 Å². The van der Waals surface area contributed by atoms with Crippen LogP contribution in [-0.2, 0) is 11.3 Å². The minimum Gasteiger partial charge on any atom is -0.480 e. The first-order valence-corrected chi connectivity index (χ1v) is 5.58. The van der Waals surface area contributed by atoms with E-state index in [1.54, 1.807) is 31.3 Å².